The summed E-state index contributed by atoms with van der Waals surface area (Å²) in [5, 5.41) is 3.40. The molecule has 0 saturated carbocycles. The van der Waals surface area contributed by atoms with Gasteiger partial charge in [0.2, 0.25) is 10.0 Å². The third-order valence-electron chi connectivity index (χ3n) is 3.36. The van der Waals surface area contributed by atoms with Gasteiger partial charge in [-0.15, -0.1) is 0 Å². The van der Waals surface area contributed by atoms with Gasteiger partial charge in [0.15, 0.2) is 0 Å². The Balaban J connectivity index is 2.68. The average Bonchev–Trinajstić information content (AvgIpc) is 2.39. The Morgan fingerprint density at radius 1 is 1.10 bits per heavy atom. The van der Waals surface area contributed by atoms with E-state index < -0.39 is 10.0 Å². The maximum absolute atomic E-state index is 11.8. The molecular weight excluding hydrogens is 272 g/mol. The van der Waals surface area contributed by atoms with Crippen molar-refractivity contribution in [1.29, 1.82) is 0 Å². The lowest BCUT2D eigenvalue weighted by Gasteiger charge is -2.18. The van der Waals surface area contributed by atoms with Crippen LogP contribution in [-0.2, 0) is 10.0 Å². The van der Waals surface area contributed by atoms with Gasteiger partial charge in [-0.25, -0.2) is 13.1 Å². The first-order chi connectivity index (χ1) is 9.39. The molecule has 1 rings (SSSR count). The molecule has 2 atom stereocenters. The third-order valence-corrected chi connectivity index (χ3v) is 4.93. The van der Waals surface area contributed by atoms with Crippen molar-refractivity contribution in [3.05, 3.63) is 24.3 Å². The molecule has 0 aliphatic carbocycles. The molecule has 0 heterocycles. The van der Waals surface area contributed by atoms with Gasteiger partial charge < -0.3 is 5.32 Å². The van der Waals surface area contributed by atoms with Crippen LogP contribution >= 0.6 is 0 Å². The van der Waals surface area contributed by atoms with E-state index in [1.165, 1.54) is 6.42 Å². The van der Waals surface area contributed by atoms with E-state index in [4.69, 9.17) is 0 Å². The highest BCUT2D eigenvalue weighted by atomic mass is 32.2. The number of sulfonamides is 1. The predicted molar refractivity (Wildman–Crippen MR) is 84.5 cm³/mol. The zero-order chi connectivity index (χ0) is 15.2. The van der Waals surface area contributed by atoms with Gasteiger partial charge in [-0.05, 0) is 43.5 Å². The van der Waals surface area contributed by atoms with Gasteiger partial charge in [0.25, 0.3) is 0 Å². The number of anilines is 1. The molecule has 2 unspecified atom stereocenters. The molecule has 4 nitrogen and oxygen atoms in total. The van der Waals surface area contributed by atoms with Gasteiger partial charge in [0.1, 0.15) is 0 Å². The second-order valence-electron chi connectivity index (χ2n) is 5.32. The molecule has 0 amide bonds. The van der Waals surface area contributed by atoms with Crippen LogP contribution in [-0.4, -0.2) is 21.0 Å². The summed E-state index contributed by atoms with van der Waals surface area (Å²) in [6.07, 6.45) is 2.28. The Kier molecular flexibility index (Phi) is 6.49. The van der Waals surface area contributed by atoms with E-state index in [2.05, 4.69) is 30.8 Å². The van der Waals surface area contributed by atoms with E-state index in [1.54, 1.807) is 19.1 Å². The first-order valence-corrected chi connectivity index (χ1v) is 8.73. The highest BCUT2D eigenvalue weighted by Gasteiger charge is 2.12. The Hall–Kier alpha value is -1.07. The molecule has 0 aromatic heterocycles. The maximum Gasteiger partial charge on any atom is 0.240 e. The minimum atomic E-state index is -3.36. The van der Waals surface area contributed by atoms with Gasteiger partial charge in [0.05, 0.1) is 4.90 Å². The summed E-state index contributed by atoms with van der Waals surface area (Å²) in [6, 6.07) is 7.28. The lowest BCUT2D eigenvalue weighted by molar-refractivity contribution is 0.484. The van der Waals surface area contributed by atoms with Crippen LogP contribution in [0.15, 0.2) is 29.2 Å². The van der Waals surface area contributed by atoms with E-state index >= 15 is 0 Å². The first-order valence-electron chi connectivity index (χ1n) is 7.25. The van der Waals surface area contributed by atoms with E-state index in [1.807, 2.05) is 12.1 Å². The molecule has 0 aliphatic heterocycles. The van der Waals surface area contributed by atoms with Crippen molar-refractivity contribution in [2.75, 3.05) is 11.9 Å². The van der Waals surface area contributed by atoms with Crippen molar-refractivity contribution in [3.8, 4) is 0 Å². The van der Waals surface area contributed by atoms with Gasteiger partial charge >= 0.3 is 0 Å². The van der Waals surface area contributed by atoms with Crippen LogP contribution in [0.4, 0.5) is 5.69 Å². The van der Waals surface area contributed by atoms with Crippen LogP contribution in [0.5, 0.6) is 0 Å². The van der Waals surface area contributed by atoms with Crippen molar-refractivity contribution >= 4 is 15.7 Å². The number of hydrogen-bond acceptors (Lipinski definition) is 3. The van der Waals surface area contributed by atoms with Crippen LogP contribution in [0, 0.1) is 5.92 Å². The summed E-state index contributed by atoms with van der Waals surface area (Å²) in [5.41, 5.74) is 0.955. The summed E-state index contributed by atoms with van der Waals surface area (Å²) in [4.78, 5) is 0.305. The van der Waals surface area contributed by atoms with E-state index in [0.717, 1.165) is 12.1 Å². The smallest absolute Gasteiger partial charge is 0.240 e. The molecule has 0 spiro atoms. The van der Waals surface area contributed by atoms with Crippen molar-refractivity contribution in [2.24, 2.45) is 5.92 Å². The monoisotopic (exact) mass is 298 g/mol. The normalized spacial score (nSPS) is 14.8. The van der Waals surface area contributed by atoms with Gasteiger partial charge in [0, 0.05) is 18.3 Å². The molecular formula is C15H26N2O2S. The quantitative estimate of drug-likeness (QED) is 0.774. The highest BCUT2D eigenvalue weighted by molar-refractivity contribution is 7.89. The summed E-state index contributed by atoms with van der Waals surface area (Å²) in [5.74, 6) is 0.686. The minimum Gasteiger partial charge on any atom is -0.383 e. The third kappa shape index (κ3) is 5.13. The van der Waals surface area contributed by atoms with E-state index in [9.17, 15) is 8.42 Å². The Morgan fingerprint density at radius 2 is 1.70 bits per heavy atom. The van der Waals surface area contributed by atoms with Crippen LogP contribution in [0.1, 0.15) is 40.5 Å². The fourth-order valence-corrected chi connectivity index (χ4v) is 3.16. The summed E-state index contributed by atoms with van der Waals surface area (Å²) >= 11 is 0. The first kappa shape index (κ1) is 17.0. The van der Waals surface area contributed by atoms with Crippen molar-refractivity contribution < 1.29 is 8.42 Å². The molecule has 0 saturated heterocycles. The number of nitrogens with one attached hydrogen (secondary N) is 2. The predicted octanol–water partition coefficient (Wildman–Crippen LogP) is 3.22. The summed E-state index contributed by atoms with van der Waals surface area (Å²) in [6.45, 7) is 8.75. The fourth-order valence-electron chi connectivity index (χ4n) is 2.12. The fraction of sp³-hybridized carbons (Fsp3) is 0.600. The van der Waals surface area contributed by atoms with E-state index in [-0.39, 0.29) is 0 Å². The van der Waals surface area contributed by atoms with E-state index in [0.29, 0.717) is 23.4 Å². The second kappa shape index (κ2) is 7.64. The largest absolute Gasteiger partial charge is 0.383 e. The van der Waals surface area contributed by atoms with Crippen LogP contribution < -0.4 is 10.0 Å². The second-order valence-corrected chi connectivity index (χ2v) is 7.09. The van der Waals surface area contributed by atoms with Crippen molar-refractivity contribution in [3.63, 3.8) is 0 Å². The zero-order valence-corrected chi connectivity index (χ0v) is 13.6. The molecule has 0 bridgehead atoms. The SMILES string of the molecule is CCNS(=O)(=O)c1ccc(NC(C)CC(C)CC)cc1. The van der Waals surface area contributed by atoms with Crippen molar-refractivity contribution in [2.45, 2.75) is 51.5 Å². The lowest BCUT2D eigenvalue weighted by atomic mass is 10.0. The molecule has 1 aromatic rings. The Bertz CT molecular complexity index is 497. The topological polar surface area (TPSA) is 58.2 Å². The molecule has 0 fully saturated rings. The van der Waals surface area contributed by atoms with Gasteiger partial charge in [-0.2, -0.15) is 0 Å². The Labute approximate surface area is 123 Å². The molecule has 20 heavy (non-hydrogen) atoms. The molecule has 5 heteroatoms. The van der Waals surface area contributed by atoms with Gasteiger partial charge in [-0.1, -0.05) is 27.2 Å². The maximum atomic E-state index is 11.8. The summed E-state index contributed by atoms with van der Waals surface area (Å²) < 4.78 is 26.1. The van der Waals surface area contributed by atoms with Crippen LogP contribution in [0.2, 0.25) is 0 Å². The standard InChI is InChI=1S/C15H26N2O2S/c1-5-12(3)11-13(4)17-14-7-9-15(10-8-14)20(18,19)16-6-2/h7-10,12-13,16-17H,5-6,11H2,1-4H3. The zero-order valence-electron chi connectivity index (χ0n) is 12.8. The lowest BCUT2D eigenvalue weighted by Crippen LogP contribution is -2.23. The minimum absolute atomic E-state index is 0.305. The average molecular weight is 298 g/mol. The molecule has 0 radical (unpaired) electrons. The molecule has 114 valence electrons. The Morgan fingerprint density at radius 3 is 2.20 bits per heavy atom. The van der Waals surface area contributed by atoms with Crippen molar-refractivity contribution in [1.82, 2.24) is 4.72 Å². The summed E-state index contributed by atoms with van der Waals surface area (Å²) in [7, 11) is -3.36. The number of benzene rings is 1. The molecule has 0 aliphatic rings. The number of rotatable bonds is 8. The molecule has 2 N–H and O–H groups in total. The molecule has 1 aromatic carbocycles. The van der Waals surface area contributed by atoms with Crippen LogP contribution in [0.3, 0.4) is 0 Å². The van der Waals surface area contributed by atoms with Gasteiger partial charge in [-0.3, -0.25) is 0 Å². The highest BCUT2D eigenvalue weighted by Crippen LogP contribution is 2.17. The van der Waals surface area contributed by atoms with Crippen LogP contribution in [0.25, 0.3) is 0 Å². The number of hydrogen-bond donors (Lipinski definition) is 2.